The van der Waals surface area contributed by atoms with Gasteiger partial charge in [0.05, 0.1) is 24.0 Å². The van der Waals surface area contributed by atoms with Crippen molar-refractivity contribution in [1.29, 1.82) is 0 Å². The Morgan fingerprint density at radius 1 is 0.824 bits per heavy atom. The van der Waals surface area contributed by atoms with Crippen LogP contribution >= 0.6 is 0 Å². The van der Waals surface area contributed by atoms with Gasteiger partial charge in [-0.05, 0) is 24.1 Å². The van der Waals surface area contributed by atoms with Gasteiger partial charge in [0.2, 0.25) is 0 Å². The van der Waals surface area contributed by atoms with E-state index in [1.54, 1.807) is 43.3 Å². The molecule has 4 rings (SSSR count). The van der Waals surface area contributed by atoms with Crippen molar-refractivity contribution in [2.75, 3.05) is 20.6 Å². The molecule has 2 amide bonds. The van der Waals surface area contributed by atoms with Crippen LogP contribution in [0.1, 0.15) is 32.7 Å². The van der Waals surface area contributed by atoms with Crippen molar-refractivity contribution in [2.45, 2.75) is 19.5 Å². The Kier molecular flexibility index (Phi) is 6.53. The van der Waals surface area contributed by atoms with Gasteiger partial charge in [0.1, 0.15) is 5.82 Å². The molecule has 174 valence electrons. The first-order chi connectivity index (χ1) is 16.4. The predicted molar refractivity (Wildman–Crippen MR) is 129 cm³/mol. The Hall–Kier alpha value is -4.27. The summed E-state index contributed by atoms with van der Waals surface area (Å²) in [6.45, 7) is 0.424. The van der Waals surface area contributed by atoms with Gasteiger partial charge in [0, 0.05) is 33.3 Å². The molecule has 0 fully saturated rings. The van der Waals surface area contributed by atoms with Crippen LogP contribution in [-0.4, -0.2) is 57.7 Å². The lowest BCUT2D eigenvalue weighted by Gasteiger charge is -2.16. The minimum absolute atomic E-state index is 0.0670. The lowest BCUT2D eigenvalue weighted by molar-refractivity contribution is 0.0650. The highest BCUT2D eigenvalue weighted by molar-refractivity contribution is 6.21. The number of carbonyl (C=O) groups excluding carboxylic acids is 2. The maximum absolute atomic E-state index is 13.3. The first kappa shape index (κ1) is 22.9. The van der Waals surface area contributed by atoms with Crippen LogP contribution in [0, 0.1) is 0 Å². The molecule has 2 heterocycles. The molecule has 0 bridgehead atoms. The number of amides is 2. The number of hydrogen-bond acceptors (Lipinski definition) is 5. The zero-order chi connectivity index (χ0) is 24.2. The largest absolute Gasteiger partial charge is 0.369 e. The standard InChI is InChI=1S/C25H25N5O4/c1-27(2)17-26-21-15-22(31)28(25(34)30(21)16-18-9-4-3-5-10-18)13-8-14-29-23(32)19-11-6-7-12-20(19)24(29)33/h3-7,9-12,15,17H,8,13-14,16H2,1-2H3. The fourth-order valence-corrected chi connectivity index (χ4v) is 3.84. The summed E-state index contributed by atoms with van der Waals surface area (Å²) in [5.74, 6) is -0.463. The van der Waals surface area contributed by atoms with Crippen LogP contribution in [0.3, 0.4) is 0 Å². The third-order valence-electron chi connectivity index (χ3n) is 5.50. The van der Waals surface area contributed by atoms with E-state index >= 15 is 0 Å². The van der Waals surface area contributed by atoms with E-state index in [1.807, 2.05) is 30.3 Å². The van der Waals surface area contributed by atoms with E-state index in [2.05, 4.69) is 4.99 Å². The van der Waals surface area contributed by atoms with Crippen molar-refractivity contribution in [3.63, 3.8) is 0 Å². The fraction of sp³-hybridized carbons (Fsp3) is 0.240. The van der Waals surface area contributed by atoms with Gasteiger partial charge < -0.3 is 4.90 Å². The zero-order valence-electron chi connectivity index (χ0n) is 19.0. The number of rotatable bonds is 8. The quantitative estimate of drug-likeness (QED) is 0.292. The van der Waals surface area contributed by atoms with Crippen LogP contribution in [0.2, 0.25) is 0 Å². The third-order valence-corrected chi connectivity index (χ3v) is 5.50. The number of carbonyl (C=O) groups is 2. The number of aliphatic imine (C=N–C) groups is 1. The molecule has 1 aliphatic heterocycles. The predicted octanol–water partition coefficient (Wildman–Crippen LogP) is 1.97. The highest BCUT2D eigenvalue weighted by atomic mass is 16.2. The van der Waals surface area contributed by atoms with E-state index in [4.69, 9.17) is 0 Å². The molecule has 0 unspecified atom stereocenters. The van der Waals surface area contributed by atoms with Crippen molar-refractivity contribution in [3.05, 3.63) is 98.2 Å². The molecule has 1 aliphatic rings. The van der Waals surface area contributed by atoms with Crippen molar-refractivity contribution < 1.29 is 9.59 Å². The van der Waals surface area contributed by atoms with Crippen molar-refractivity contribution in [2.24, 2.45) is 4.99 Å². The van der Waals surface area contributed by atoms with Crippen molar-refractivity contribution in [1.82, 2.24) is 18.9 Å². The van der Waals surface area contributed by atoms with Crippen LogP contribution < -0.4 is 11.2 Å². The molecule has 0 spiro atoms. The van der Waals surface area contributed by atoms with Gasteiger partial charge in [-0.1, -0.05) is 42.5 Å². The second-order valence-electron chi connectivity index (χ2n) is 8.22. The molecule has 1 aromatic heterocycles. The molecule has 0 saturated heterocycles. The number of nitrogens with zero attached hydrogens (tertiary/aromatic N) is 5. The van der Waals surface area contributed by atoms with E-state index in [9.17, 15) is 19.2 Å². The minimum Gasteiger partial charge on any atom is -0.369 e. The normalized spacial score (nSPS) is 13.1. The third kappa shape index (κ3) is 4.59. The topological polar surface area (TPSA) is 97.0 Å². The maximum atomic E-state index is 13.3. The molecule has 9 heteroatoms. The number of hydrogen-bond donors (Lipinski definition) is 0. The molecule has 9 nitrogen and oxygen atoms in total. The molecule has 2 aromatic carbocycles. The van der Waals surface area contributed by atoms with Crippen molar-refractivity contribution >= 4 is 24.0 Å². The Bertz CT molecular complexity index is 1340. The van der Waals surface area contributed by atoms with E-state index in [1.165, 1.54) is 17.0 Å². The molecule has 0 N–H and O–H groups in total. The Morgan fingerprint density at radius 2 is 1.44 bits per heavy atom. The van der Waals surface area contributed by atoms with E-state index < -0.39 is 11.2 Å². The Balaban J connectivity index is 1.58. The number of imide groups is 1. The second kappa shape index (κ2) is 9.70. The Morgan fingerprint density at radius 3 is 2.06 bits per heavy atom. The molecule has 34 heavy (non-hydrogen) atoms. The highest BCUT2D eigenvalue weighted by Gasteiger charge is 2.34. The van der Waals surface area contributed by atoms with Crippen LogP contribution in [0.5, 0.6) is 0 Å². The van der Waals surface area contributed by atoms with Crippen molar-refractivity contribution in [3.8, 4) is 0 Å². The van der Waals surface area contributed by atoms with Gasteiger partial charge in [-0.15, -0.1) is 0 Å². The van der Waals surface area contributed by atoms with E-state index in [-0.39, 0.29) is 43.7 Å². The van der Waals surface area contributed by atoms with Crippen LogP contribution in [0.25, 0.3) is 0 Å². The van der Waals surface area contributed by atoms with Gasteiger partial charge >= 0.3 is 5.69 Å². The average molecular weight is 460 g/mol. The van der Waals surface area contributed by atoms with Crippen LogP contribution in [-0.2, 0) is 13.1 Å². The van der Waals surface area contributed by atoms with Gasteiger partial charge in [-0.3, -0.25) is 28.4 Å². The lowest BCUT2D eigenvalue weighted by Crippen LogP contribution is -2.40. The molecule has 3 aromatic rings. The molecule has 0 atom stereocenters. The van der Waals surface area contributed by atoms with E-state index in [0.717, 1.165) is 15.0 Å². The SMILES string of the molecule is CN(C)C=Nc1cc(=O)n(CCCN2C(=O)c3ccccc3C2=O)c(=O)n1Cc1ccccc1. The molecule has 0 radical (unpaired) electrons. The van der Waals surface area contributed by atoms with Crippen LogP contribution in [0.15, 0.2) is 75.2 Å². The zero-order valence-corrected chi connectivity index (χ0v) is 19.0. The van der Waals surface area contributed by atoms with Crippen LogP contribution in [0.4, 0.5) is 5.82 Å². The number of aromatic nitrogens is 2. The summed E-state index contributed by atoms with van der Waals surface area (Å²) in [5.41, 5.74) is 0.658. The lowest BCUT2D eigenvalue weighted by atomic mass is 10.1. The van der Waals surface area contributed by atoms with Gasteiger partial charge in [0.25, 0.3) is 17.4 Å². The molecular weight excluding hydrogens is 434 g/mol. The van der Waals surface area contributed by atoms with Gasteiger partial charge in [-0.25, -0.2) is 9.79 Å². The van der Waals surface area contributed by atoms with Gasteiger partial charge in [-0.2, -0.15) is 0 Å². The average Bonchev–Trinajstić information content (AvgIpc) is 3.07. The van der Waals surface area contributed by atoms with Gasteiger partial charge in [0.15, 0.2) is 0 Å². The summed E-state index contributed by atoms with van der Waals surface area (Å²) >= 11 is 0. The van der Waals surface area contributed by atoms with E-state index in [0.29, 0.717) is 11.1 Å². The summed E-state index contributed by atoms with van der Waals surface area (Å²) in [6.07, 6.45) is 1.80. The molecule has 0 saturated carbocycles. The minimum atomic E-state index is -0.496. The monoisotopic (exact) mass is 459 g/mol. The smallest absolute Gasteiger partial charge is 0.332 e. The second-order valence-corrected chi connectivity index (χ2v) is 8.22. The summed E-state index contributed by atoms with van der Waals surface area (Å²) in [7, 11) is 3.59. The summed E-state index contributed by atoms with van der Waals surface area (Å²) in [5, 5.41) is 0. The first-order valence-electron chi connectivity index (χ1n) is 10.9. The Labute approximate surface area is 196 Å². The summed E-state index contributed by atoms with van der Waals surface area (Å²) in [6, 6.07) is 17.4. The first-order valence-corrected chi connectivity index (χ1v) is 10.9. The number of benzene rings is 2. The number of fused-ring (bicyclic) bond motifs is 1. The fourth-order valence-electron chi connectivity index (χ4n) is 3.84. The maximum Gasteiger partial charge on any atom is 0.332 e. The highest BCUT2D eigenvalue weighted by Crippen LogP contribution is 2.22. The summed E-state index contributed by atoms with van der Waals surface area (Å²) < 4.78 is 2.56. The molecule has 0 aliphatic carbocycles. The molecular formula is C25H25N5O4. The summed E-state index contributed by atoms with van der Waals surface area (Å²) in [4.78, 5) is 58.3.